The van der Waals surface area contributed by atoms with Crippen LogP contribution in [-0.2, 0) is 0 Å². The molecule has 0 heterocycles. The number of likely N-dealkylation sites (N-methyl/N-ethyl adjacent to an activating group) is 1. The Hall–Kier alpha value is -2.31. The molecule has 6 nitrogen and oxygen atoms in total. The van der Waals surface area contributed by atoms with Crippen molar-refractivity contribution in [2.24, 2.45) is 10.9 Å². The summed E-state index contributed by atoms with van der Waals surface area (Å²) in [5.41, 5.74) is 5.17. The van der Waals surface area contributed by atoms with E-state index in [0.717, 1.165) is 11.0 Å². The van der Waals surface area contributed by atoms with Crippen molar-refractivity contribution in [2.45, 2.75) is 13.0 Å². The van der Waals surface area contributed by atoms with Crippen LogP contribution in [0.2, 0.25) is 0 Å². The molecule has 98 valence electrons. The quantitative estimate of drug-likeness (QED) is 0.321. The second-order valence-corrected chi connectivity index (χ2v) is 3.78. The molecule has 7 heteroatoms. The predicted octanol–water partition coefficient (Wildman–Crippen LogP) is 0.738. The summed E-state index contributed by atoms with van der Waals surface area (Å²) >= 11 is 0. The minimum atomic E-state index is -0.835. The Balaban J connectivity index is 3.00. The van der Waals surface area contributed by atoms with E-state index in [4.69, 9.17) is 16.0 Å². The molecule has 1 amide bonds. The van der Waals surface area contributed by atoms with Crippen LogP contribution in [0.1, 0.15) is 17.3 Å². The van der Waals surface area contributed by atoms with Gasteiger partial charge in [0.05, 0.1) is 11.6 Å². The first-order chi connectivity index (χ1) is 8.38. The molecule has 1 unspecified atom stereocenters. The molecule has 0 spiro atoms. The minimum Gasteiger partial charge on any atom is -0.508 e. The second-order valence-electron chi connectivity index (χ2n) is 3.78. The number of carbonyl (C=O) groups excluding carboxylic acids is 1. The molecule has 1 rings (SSSR count). The topological polar surface area (TPSA) is 99.2 Å². The number of carbonyl (C=O) groups is 1. The van der Waals surface area contributed by atoms with E-state index in [1.54, 1.807) is 0 Å². The molecular weight excluding hydrogens is 241 g/mol. The normalized spacial score (nSPS) is 13.2. The molecule has 0 bridgehead atoms. The van der Waals surface area contributed by atoms with Gasteiger partial charge in [-0.05, 0) is 19.1 Å². The van der Waals surface area contributed by atoms with Crippen molar-refractivity contribution in [2.75, 3.05) is 7.05 Å². The summed E-state index contributed by atoms with van der Waals surface area (Å²) in [4.78, 5) is 13.1. The molecule has 0 saturated heterocycles. The summed E-state index contributed by atoms with van der Waals surface area (Å²) in [5, 5.41) is 20.4. The molecular formula is C11H14FN3O3. The number of oxime groups is 1. The maximum absolute atomic E-state index is 13.5. The third-order valence-electron chi connectivity index (χ3n) is 2.63. The first-order valence-corrected chi connectivity index (χ1v) is 5.11. The highest BCUT2D eigenvalue weighted by Gasteiger charge is 2.23. The van der Waals surface area contributed by atoms with E-state index in [1.165, 1.54) is 26.1 Å². The van der Waals surface area contributed by atoms with Gasteiger partial charge in [-0.1, -0.05) is 5.16 Å². The van der Waals surface area contributed by atoms with E-state index in [0.29, 0.717) is 0 Å². The number of hydrogen-bond acceptors (Lipinski definition) is 4. The van der Waals surface area contributed by atoms with Gasteiger partial charge in [0.1, 0.15) is 11.6 Å². The molecule has 1 atom stereocenters. The van der Waals surface area contributed by atoms with Crippen LogP contribution in [0.3, 0.4) is 0 Å². The van der Waals surface area contributed by atoms with Crippen LogP contribution >= 0.6 is 0 Å². The average Bonchev–Trinajstić information content (AvgIpc) is 2.35. The van der Waals surface area contributed by atoms with Gasteiger partial charge in [-0.25, -0.2) is 4.39 Å². The van der Waals surface area contributed by atoms with Crippen molar-refractivity contribution in [1.82, 2.24) is 4.90 Å². The summed E-state index contributed by atoms with van der Waals surface area (Å²) in [5.74, 6) is -1.90. The smallest absolute Gasteiger partial charge is 0.257 e. The third kappa shape index (κ3) is 2.68. The van der Waals surface area contributed by atoms with Crippen LogP contribution in [-0.4, -0.2) is 40.0 Å². The zero-order chi connectivity index (χ0) is 13.9. The number of phenols is 1. The highest BCUT2D eigenvalue weighted by Crippen LogP contribution is 2.17. The van der Waals surface area contributed by atoms with Crippen LogP contribution in [0.4, 0.5) is 4.39 Å². The standard InChI is InChI=1S/C11H14FN3O3/c1-6(10(13)14-18)15(2)11(17)8-4-3-7(16)5-9(8)12/h3-6,16,18H,1-2H3,(H2,13,14). The van der Waals surface area contributed by atoms with Gasteiger partial charge >= 0.3 is 0 Å². The summed E-state index contributed by atoms with van der Waals surface area (Å²) in [6, 6.07) is 2.53. The monoisotopic (exact) mass is 255 g/mol. The molecule has 0 radical (unpaired) electrons. The largest absolute Gasteiger partial charge is 0.508 e. The number of nitrogens with zero attached hydrogens (tertiary/aromatic N) is 2. The number of halogens is 1. The van der Waals surface area contributed by atoms with Crippen molar-refractivity contribution >= 4 is 11.7 Å². The highest BCUT2D eigenvalue weighted by molar-refractivity contribution is 5.98. The lowest BCUT2D eigenvalue weighted by atomic mass is 10.1. The zero-order valence-electron chi connectivity index (χ0n) is 9.96. The number of amides is 1. The van der Waals surface area contributed by atoms with Gasteiger partial charge in [0.25, 0.3) is 5.91 Å². The zero-order valence-corrected chi connectivity index (χ0v) is 9.96. The lowest BCUT2D eigenvalue weighted by Gasteiger charge is -2.23. The van der Waals surface area contributed by atoms with E-state index in [9.17, 15) is 9.18 Å². The van der Waals surface area contributed by atoms with Crippen molar-refractivity contribution in [3.05, 3.63) is 29.6 Å². The maximum atomic E-state index is 13.5. The van der Waals surface area contributed by atoms with Crippen molar-refractivity contribution < 1.29 is 19.5 Å². The number of nitrogens with two attached hydrogens (primary N) is 1. The molecule has 1 aromatic carbocycles. The lowest BCUT2D eigenvalue weighted by Crippen LogP contribution is -2.44. The van der Waals surface area contributed by atoms with Gasteiger partial charge < -0.3 is 20.9 Å². The molecule has 0 aliphatic rings. The molecule has 0 aliphatic heterocycles. The van der Waals surface area contributed by atoms with E-state index < -0.39 is 17.8 Å². The Labute approximate surface area is 103 Å². The molecule has 4 N–H and O–H groups in total. The predicted molar refractivity (Wildman–Crippen MR) is 63.0 cm³/mol. The number of rotatable bonds is 3. The summed E-state index contributed by atoms with van der Waals surface area (Å²) < 4.78 is 13.5. The lowest BCUT2D eigenvalue weighted by molar-refractivity contribution is 0.0771. The molecule has 0 fully saturated rings. The fraction of sp³-hybridized carbons (Fsp3) is 0.273. The summed E-state index contributed by atoms with van der Waals surface area (Å²) in [6.45, 7) is 1.53. The van der Waals surface area contributed by atoms with Gasteiger partial charge in [0.15, 0.2) is 5.84 Å². The minimum absolute atomic E-state index is 0.162. The second kappa shape index (κ2) is 5.35. The third-order valence-corrected chi connectivity index (χ3v) is 2.63. The first kappa shape index (κ1) is 13.8. The molecule has 18 heavy (non-hydrogen) atoms. The van der Waals surface area contributed by atoms with E-state index in [-0.39, 0.29) is 17.1 Å². The van der Waals surface area contributed by atoms with Crippen LogP contribution in [0.5, 0.6) is 5.75 Å². The van der Waals surface area contributed by atoms with E-state index in [1.807, 2.05) is 0 Å². The fourth-order valence-electron chi connectivity index (χ4n) is 1.33. The summed E-state index contributed by atoms with van der Waals surface area (Å²) in [6.07, 6.45) is 0. The van der Waals surface area contributed by atoms with Gasteiger partial charge in [0, 0.05) is 13.1 Å². The van der Waals surface area contributed by atoms with Crippen molar-refractivity contribution in [3.8, 4) is 5.75 Å². The Bertz CT molecular complexity index is 490. The molecule has 0 aliphatic carbocycles. The summed E-state index contributed by atoms with van der Waals surface area (Å²) in [7, 11) is 1.40. The van der Waals surface area contributed by atoms with Crippen LogP contribution in [0.25, 0.3) is 0 Å². The maximum Gasteiger partial charge on any atom is 0.257 e. The van der Waals surface area contributed by atoms with Crippen LogP contribution < -0.4 is 5.73 Å². The number of benzene rings is 1. The van der Waals surface area contributed by atoms with E-state index >= 15 is 0 Å². The Kier molecular flexibility index (Phi) is 4.09. The Morgan fingerprint density at radius 3 is 2.67 bits per heavy atom. The Morgan fingerprint density at radius 2 is 2.17 bits per heavy atom. The van der Waals surface area contributed by atoms with Gasteiger partial charge in [-0.2, -0.15) is 0 Å². The number of hydrogen-bond donors (Lipinski definition) is 3. The van der Waals surface area contributed by atoms with Gasteiger partial charge in [0.2, 0.25) is 0 Å². The van der Waals surface area contributed by atoms with Gasteiger partial charge in [-0.3, -0.25) is 4.79 Å². The van der Waals surface area contributed by atoms with Gasteiger partial charge in [-0.15, -0.1) is 0 Å². The number of amidine groups is 1. The van der Waals surface area contributed by atoms with Crippen molar-refractivity contribution in [3.63, 3.8) is 0 Å². The highest BCUT2D eigenvalue weighted by atomic mass is 19.1. The van der Waals surface area contributed by atoms with Crippen LogP contribution in [0.15, 0.2) is 23.4 Å². The fourth-order valence-corrected chi connectivity index (χ4v) is 1.33. The molecule has 1 aromatic rings. The van der Waals surface area contributed by atoms with Crippen LogP contribution in [0, 0.1) is 5.82 Å². The molecule has 0 saturated carbocycles. The average molecular weight is 255 g/mol. The number of phenolic OH excluding ortho intramolecular Hbond substituents is 1. The molecule has 0 aromatic heterocycles. The Morgan fingerprint density at radius 1 is 1.56 bits per heavy atom. The first-order valence-electron chi connectivity index (χ1n) is 5.11. The number of aromatic hydroxyl groups is 1. The van der Waals surface area contributed by atoms with E-state index in [2.05, 4.69) is 5.16 Å². The van der Waals surface area contributed by atoms with Crippen molar-refractivity contribution in [1.29, 1.82) is 0 Å². The SMILES string of the molecule is CC(/C(N)=N/O)N(C)C(=O)c1ccc(O)cc1F.